The number of halogens is 8. The van der Waals surface area contributed by atoms with E-state index in [4.69, 9.17) is 0 Å². The number of pyridine rings is 1. The van der Waals surface area contributed by atoms with E-state index in [2.05, 4.69) is 20.4 Å². The number of nitrogens with zero attached hydrogens (tertiary/aromatic N) is 1. The van der Waals surface area contributed by atoms with Crippen molar-refractivity contribution >= 4 is 5.91 Å². The van der Waals surface area contributed by atoms with E-state index in [9.17, 15) is 39.9 Å². The maximum atomic E-state index is 14.1. The summed E-state index contributed by atoms with van der Waals surface area (Å²) in [5.74, 6) is -3.51. The molecular formula is C25H21F8N3O2. The highest BCUT2D eigenvalue weighted by Gasteiger charge is 2.34. The van der Waals surface area contributed by atoms with Gasteiger partial charge in [-0.2, -0.15) is 13.2 Å². The molecule has 0 aliphatic carbocycles. The molecule has 204 valence electrons. The van der Waals surface area contributed by atoms with Gasteiger partial charge in [0.15, 0.2) is 11.6 Å². The molecule has 0 spiro atoms. The summed E-state index contributed by atoms with van der Waals surface area (Å²) in [6.45, 7) is 0. The number of aryl methyl sites for hydroxylation is 1. The lowest BCUT2D eigenvalue weighted by molar-refractivity contribution is -0.275. The van der Waals surface area contributed by atoms with Gasteiger partial charge in [-0.15, -0.1) is 13.2 Å². The van der Waals surface area contributed by atoms with E-state index in [0.717, 1.165) is 36.5 Å². The molecule has 1 amide bonds. The van der Waals surface area contributed by atoms with E-state index in [1.54, 1.807) is 0 Å². The third kappa shape index (κ3) is 7.88. The molecule has 0 saturated heterocycles. The Morgan fingerprint density at radius 2 is 1.61 bits per heavy atom. The number of carbonyl (C=O) groups excluding carboxylic acids is 1. The average molecular weight is 547 g/mol. The average Bonchev–Trinajstić information content (AvgIpc) is 2.85. The fourth-order valence-electron chi connectivity index (χ4n) is 3.66. The summed E-state index contributed by atoms with van der Waals surface area (Å²) in [6.07, 6.45) is -8.67. The topological polar surface area (TPSA) is 63.2 Å². The zero-order chi connectivity index (χ0) is 28.1. The molecule has 2 atom stereocenters. The minimum atomic E-state index is -5.17. The number of hydrogen-bond donors (Lipinski definition) is 2. The Bertz CT molecular complexity index is 1230. The van der Waals surface area contributed by atoms with Crippen LogP contribution in [0.3, 0.4) is 0 Å². The second kappa shape index (κ2) is 11.8. The largest absolute Gasteiger partial charge is 0.573 e. The molecule has 2 N–H and O–H groups in total. The van der Waals surface area contributed by atoms with Gasteiger partial charge in [0.1, 0.15) is 17.6 Å². The second-order valence-electron chi connectivity index (χ2n) is 8.14. The molecule has 0 saturated carbocycles. The van der Waals surface area contributed by atoms with Crippen LogP contribution in [0.5, 0.6) is 5.75 Å². The normalized spacial score (nSPS) is 13.6. The first-order valence-electron chi connectivity index (χ1n) is 11.1. The highest BCUT2D eigenvalue weighted by Crippen LogP contribution is 2.32. The molecule has 3 aromatic rings. The fourth-order valence-corrected chi connectivity index (χ4v) is 3.66. The van der Waals surface area contributed by atoms with Crippen molar-refractivity contribution in [2.75, 3.05) is 7.05 Å². The Balaban J connectivity index is 1.95. The van der Waals surface area contributed by atoms with E-state index in [1.165, 1.54) is 31.3 Å². The molecule has 5 nitrogen and oxygen atoms in total. The molecule has 0 aliphatic rings. The molecule has 13 heteroatoms. The minimum Gasteiger partial charge on any atom is -0.403 e. The predicted octanol–water partition coefficient (Wildman–Crippen LogP) is 6.03. The summed E-state index contributed by atoms with van der Waals surface area (Å²) in [5.41, 5.74) is -0.307. The molecule has 0 unspecified atom stereocenters. The summed E-state index contributed by atoms with van der Waals surface area (Å²) < 4.78 is 108. The van der Waals surface area contributed by atoms with Gasteiger partial charge in [-0.1, -0.05) is 24.3 Å². The van der Waals surface area contributed by atoms with Crippen LogP contribution in [0, 0.1) is 11.6 Å². The van der Waals surface area contributed by atoms with Crippen molar-refractivity contribution in [3.8, 4) is 5.75 Å². The minimum absolute atomic E-state index is 0.0405. The van der Waals surface area contributed by atoms with Crippen LogP contribution in [0.2, 0.25) is 0 Å². The number of carbonyl (C=O) groups is 1. The number of rotatable bonds is 9. The monoisotopic (exact) mass is 547 g/mol. The van der Waals surface area contributed by atoms with Gasteiger partial charge in [0.25, 0.3) is 0 Å². The zero-order valence-corrected chi connectivity index (χ0v) is 19.6. The number of nitrogens with one attached hydrogen (secondary N) is 2. The van der Waals surface area contributed by atoms with Crippen LogP contribution < -0.4 is 15.4 Å². The third-order valence-corrected chi connectivity index (χ3v) is 5.50. The number of likely N-dealkylation sites (N-methyl/N-ethyl adjacent to an activating group) is 1. The number of amides is 1. The SMILES string of the molecule is CNC(=O)[C@H](N[C@@H](CCc1ccc(C(F)(F)F)nc1)c1ccc(F)c(OC(F)(F)F)c1)c1ccc(F)cc1. The van der Waals surface area contributed by atoms with Crippen LogP contribution in [0.25, 0.3) is 0 Å². The Kier molecular flexibility index (Phi) is 8.92. The van der Waals surface area contributed by atoms with E-state index < -0.39 is 53.6 Å². The van der Waals surface area contributed by atoms with Crippen molar-refractivity contribution in [2.24, 2.45) is 0 Å². The third-order valence-electron chi connectivity index (χ3n) is 5.50. The number of hydrogen-bond acceptors (Lipinski definition) is 4. The first-order valence-corrected chi connectivity index (χ1v) is 11.1. The van der Waals surface area contributed by atoms with E-state index in [0.29, 0.717) is 11.1 Å². The van der Waals surface area contributed by atoms with Crippen LogP contribution in [-0.2, 0) is 17.4 Å². The lowest BCUT2D eigenvalue weighted by Gasteiger charge is -2.26. The van der Waals surface area contributed by atoms with Gasteiger partial charge < -0.3 is 10.1 Å². The summed E-state index contributed by atoms with van der Waals surface area (Å²) >= 11 is 0. The molecule has 0 radical (unpaired) electrons. The van der Waals surface area contributed by atoms with Crippen LogP contribution in [0.15, 0.2) is 60.8 Å². The van der Waals surface area contributed by atoms with E-state index in [1.807, 2.05) is 0 Å². The van der Waals surface area contributed by atoms with Gasteiger partial charge in [0.2, 0.25) is 5.91 Å². The van der Waals surface area contributed by atoms with Gasteiger partial charge in [0.05, 0.1) is 0 Å². The van der Waals surface area contributed by atoms with Crippen molar-refractivity contribution in [1.82, 2.24) is 15.6 Å². The Morgan fingerprint density at radius 3 is 2.16 bits per heavy atom. The van der Waals surface area contributed by atoms with Crippen molar-refractivity contribution < 1.29 is 44.7 Å². The van der Waals surface area contributed by atoms with Crippen molar-refractivity contribution in [3.05, 3.63) is 94.8 Å². The maximum Gasteiger partial charge on any atom is 0.573 e. The number of aromatic nitrogens is 1. The molecule has 1 heterocycles. The fraction of sp³-hybridized carbons (Fsp3) is 0.280. The summed E-state index contributed by atoms with van der Waals surface area (Å²) in [7, 11) is 1.34. The summed E-state index contributed by atoms with van der Waals surface area (Å²) in [6, 6.07) is 7.61. The van der Waals surface area contributed by atoms with E-state index in [-0.39, 0.29) is 18.4 Å². The molecule has 38 heavy (non-hydrogen) atoms. The molecule has 0 aliphatic heterocycles. The summed E-state index contributed by atoms with van der Waals surface area (Å²) in [5, 5.41) is 5.41. The number of ether oxygens (including phenoxy) is 1. The Labute approximate surface area is 211 Å². The molecule has 0 fully saturated rings. The lowest BCUT2D eigenvalue weighted by atomic mass is 9.96. The van der Waals surface area contributed by atoms with Crippen LogP contribution >= 0.6 is 0 Å². The highest BCUT2D eigenvalue weighted by molar-refractivity contribution is 5.83. The Hall–Kier alpha value is -3.74. The van der Waals surface area contributed by atoms with Crippen molar-refractivity contribution in [2.45, 2.75) is 37.5 Å². The van der Waals surface area contributed by atoms with E-state index >= 15 is 0 Å². The quantitative estimate of drug-likeness (QED) is 0.322. The number of alkyl halides is 6. The molecular weight excluding hydrogens is 526 g/mol. The predicted molar refractivity (Wildman–Crippen MR) is 120 cm³/mol. The second-order valence-corrected chi connectivity index (χ2v) is 8.14. The lowest BCUT2D eigenvalue weighted by Crippen LogP contribution is -2.38. The smallest absolute Gasteiger partial charge is 0.403 e. The van der Waals surface area contributed by atoms with Gasteiger partial charge in [-0.05, 0) is 59.9 Å². The van der Waals surface area contributed by atoms with Gasteiger partial charge >= 0.3 is 12.5 Å². The van der Waals surface area contributed by atoms with Crippen LogP contribution in [0.4, 0.5) is 35.1 Å². The van der Waals surface area contributed by atoms with Crippen molar-refractivity contribution in [1.29, 1.82) is 0 Å². The molecule has 2 aromatic carbocycles. The Morgan fingerprint density at radius 1 is 0.947 bits per heavy atom. The first kappa shape index (κ1) is 28.8. The number of benzene rings is 2. The van der Waals surface area contributed by atoms with Crippen LogP contribution in [-0.4, -0.2) is 24.3 Å². The molecule has 3 rings (SSSR count). The first-order chi connectivity index (χ1) is 17.8. The zero-order valence-electron chi connectivity index (χ0n) is 19.6. The van der Waals surface area contributed by atoms with Gasteiger partial charge in [-0.25, -0.2) is 8.78 Å². The molecule has 0 bridgehead atoms. The summed E-state index contributed by atoms with van der Waals surface area (Å²) in [4.78, 5) is 16.0. The maximum absolute atomic E-state index is 14.1. The standard InChI is InChI=1S/C25H21F8N3O2/c1-34-23(37)22(15-4-7-17(26)8-5-15)36-19(10-2-14-3-11-21(35-13-14)24(28,29)30)16-6-9-18(27)20(12-16)38-25(31,32)33/h3-9,11-13,19,22,36H,2,10H2,1H3,(H,34,37)/t19-,22+/m0/s1. The van der Waals surface area contributed by atoms with Crippen LogP contribution in [0.1, 0.15) is 40.9 Å². The molecule has 1 aromatic heterocycles. The van der Waals surface area contributed by atoms with Gasteiger partial charge in [-0.3, -0.25) is 15.1 Å². The van der Waals surface area contributed by atoms with Gasteiger partial charge in [0, 0.05) is 19.3 Å². The van der Waals surface area contributed by atoms with Crippen molar-refractivity contribution in [3.63, 3.8) is 0 Å². The highest BCUT2D eigenvalue weighted by atomic mass is 19.4.